The normalized spacial score (nSPS) is 19.2. The van der Waals surface area contributed by atoms with E-state index in [9.17, 15) is 9.59 Å². The lowest BCUT2D eigenvalue weighted by Gasteiger charge is -2.27. The van der Waals surface area contributed by atoms with Gasteiger partial charge in [0.2, 0.25) is 0 Å². The van der Waals surface area contributed by atoms with Crippen LogP contribution in [0.5, 0.6) is 5.75 Å². The third-order valence-electron chi connectivity index (χ3n) is 4.64. The van der Waals surface area contributed by atoms with Crippen LogP contribution in [0.2, 0.25) is 0 Å². The summed E-state index contributed by atoms with van der Waals surface area (Å²) in [6.07, 6.45) is 2.38. The minimum atomic E-state index is -0.435. The highest BCUT2D eigenvalue weighted by Crippen LogP contribution is 2.17. The van der Waals surface area contributed by atoms with Crippen LogP contribution in [0.4, 0.5) is 0 Å². The Morgan fingerprint density at radius 2 is 1.75 bits per heavy atom. The van der Waals surface area contributed by atoms with Crippen LogP contribution in [0, 0.1) is 0 Å². The van der Waals surface area contributed by atoms with Crippen molar-refractivity contribution in [2.45, 2.75) is 45.2 Å². The van der Waals surface area contributed by atoms with E-state index in [-0.39, 0.29) is 17.9 Å². The molecule has 8 nitrogen and oxygen atoms in total. The highest BCUT2D eigenvalue weighted by molar-refractivity contribution is 6.41. The molecule has 2 aliphatic heterocycles. The van der Waals surface area contributed by atoms with Crippen LogP contribution < -0.4 is 26.1 Å². The second-order valence-electron chi connectivity index (χ2n) is 6.42. The molecule has 2 aliphatic rings. The average Bonchev–Trinajstić information content (AvgIpc) is 2.76. The van der Waals surface area contributed by atoms with Crippen molar-refractivity contribution >= 4 is 17.5 Å². The van der Waals surface area contributed by atoms with E-state index in [1.165, 1.54) is 7.11 Å². The zero-order valence-corrected chi connectivity index (χ0v) is 16.9. The zero-order chi connectivity index (χ0) is 20.4. The molecule has 4 N–H and O–H groups in total. The molecule has 0 aromatic heterocycles. The molecule has 0 bridgehead atoms. The fourth-order valence-corrected chi connectivity index (χ4v) is 3.21. The molecule has 1 aromatic rings. The van der Waals surface area contributed by atoms with Gasteiger partial charge in [0.15, 0.2) is 0 Å². The smallest absolute Gasteiger partial charge is 0.269 e. The Labute approximate surface area is 166 Å². The van der Waals surface area contributed by atoms with E-state index in [2.05, 4.69) is 26.5 Å². The number of piperidine rings is 1. The Bertz CT molecular complexity index is 686. The molecule has 1 unspecified atom stereocenters. The van der Waals surface area contributed by atoms with Crippen LogP contribution in [0.15, 0.2) is 29.4 Å². The SMILES string of the molecule is CC.COc1ccccc1C(=O)NC1CCNN=C1C(=O)NC1CCNCC1. The lowest BCUT2D eigenvalue weighted by Crippen LogP contribution is -2.54. The minimum absolute atomic E-state index is 0.138. The topological polar surface area (TPSA) is 104 Å². The van der Waals surface area contributed by atoms with Crippen LogP contribution in [0.3, 0.4) is 0 Å². The summed E-state index contributed by atoms with van der Waals surface area (Å²) < 4.78 is 5.24. The van der Waals surface area contributed by atoms with Crippen LogP contribution >= 0.6 is 0 Å². The number of benzene rings is 1. The molecule has 0 saturated carbocycles. The monoisotopic (exact) mass is 389 g/mol. The molecular formula is C20H31N5O3. The molecule has 28 heavy (non-hydrogen) atoms. The van der Waals surface area contributed by atoms with Gasteiger partial charge in [-0.15, -0.1) is 0 Å². The molecule has 2 heterocycles. The van der Waals surface area contributed by atoms with Gasteiger partial charge >= 0.3 is 0 Å². The van der Waals surface area contributed by atoms with Gasteiger partial charge in [-0.2, -0.15) is 5.10 Å². The zero-order valence-electron chi connectivity index (χ0n) is 16.9. The van der Waals surface area contributed by atoms with Crippen LogP contribution in [-0.4, -0.2) is 56.4 Å². The van der Waals surface area contributed by atoms with Gasteiger partial charge in [0.05, 0.1) is 18.7 Å². The molecule has 0 aliphatic carbocycles. The van der Waals surface area contributed by atoms with Gasteiger partial charge in [-0.05, 0) is 44.5 Å². The summed E-state index contributed by atoms with van der Waals surface area (Å²) >= 11 is 0. The van der Waals surface area contributed by atoms with Crippen molar-refractivity contribution in [3.05, 3.63) is 29.8 Å². The molecule has 1 atom stereocenters. The Kier molecular flexibility index (Phi) is 8.74. The second kappa shape index (κ2) is 11.3. The van der Waals surface area contributed by atoms with Gasteiger partial charge < -0.3 is 26.1 Å². The molecule has 0 radical (unpaired) electrons. The highest BCUT2D eigenvalue weighted by Gasteiger charge is 2.29. The lowest BCUT2D eigenvalue weighted by molar-refractivity contribution is -0.115. The average molecular weight is 390 g/mol. The number of carbonyl (C=O) groups is 2. The molecule has 3 rings (SSSR count). The van der Waals surface area contributed by atoms with E-state index in [0.29, 0.717) is 30.0 Å². The van der Waals surface area contributed by atoms with Gasteiger partial charge in [-0.3, -0.25) is 9.59 Å². The fourth-order valence-electron chi connectivity index (χ4n) is 3.21. The Hall–Kier alpha value is -2.61. The minimum Gasteiger partial charge on any atom is -0.496 e. The Morgan fingerprint density at radius 3 is 2.46 bits per heavy atom. The van der Waals surface area contributed by atoms with Crippen LogP contribution in [0.25, 0.3) is 0 Å². The molecule has 1 saturated heterocycles. The summed E-state index contributed by atoms with van der Waals surface area (Å²) in [7, 11) is 1.52. The molecule has 8 heteroatoms. The van der Waals surface area contributed by atoms with E-state index >= 15 is 0 Å². The summed E-state index contributed by atoms with van der Waals surface area (Å²) in [5.41, 5.74) is 3.61. The van der Waals surface area contributed by atoms with Crippen molar-refractivity contribution in [3.8, 4) is 5.75 Å². The first-order valence-electron chi connectivity index (χ1n) is 9.95. The van der Waals surface area contributed by atoms with Gasteiger partial charge in [0.25, 0.3) is 11.8 Å². The number of ether oxygens (including phenoxy) is 1. The number of hydrazone groups is 1. The third-order valence-corrected chi connectivity index (χ3v) is 4.64. The van der Waals surface area contributed by atoms with E-state index < -0.39 is 6.04 Å². The maximum absolute atomic E-state index is 12.6. The molecule has 2 amide bonds. The number of hydrogen-bond acceptors (Lipinski definition) is 6. The number of nitrogens with zero attached hydrogens (tertiary/aromatic N) is 1. The number of methoxy groups -OCH3 is 1. The summed E-state index contributed by atoms with van der Waals surface area (Å²) in [6.45, 7) is 6.38. The largest absolute Gasteiger partial charge is 0.496 e. The van der Waals surface area contributed by atoms with Crippen molar-refractivity contribution in [2.24, 2.45) is 5.10 Å². The number of hydrogen-bond donors (Lipinski definition) is 4. The first-order valence-corrected chi connectivity index (χ1v) is 9.95. The summed E-state index contributed by atoms with van der Waals surface area (Å²) in [5.74, 6) is -0.0114. The first kappa shape index (κ1) is 21.7. The van der Waals surface area contributed by atoms with Crippen molar-refractivity contribution in [1.29, 1.82) is 0 Å². The highest BCUT2D eigenvalue weighted by atomic mass is 16.5. The summed E-state index contributed by atoms with van der Waals surface area (Å²) in [4.78, 5) is 25.3. The van der Waals surface area contributed by atoms with E-state index in [0.717, 1.165) is 25.9 Å². The molecular weight excluding hydrogens is 358 g/mol. The fraction of sp³-hybridized carbons (Fsp3) is 0.550. The molecule has 0 spiro atoms. The van der Waals surface area contributed by atoms with E-state index in [1.807, 2.05) is 13.8 Å². The van der Waals surface area contributed by atoms with Crippen molar-refractivity contribution < 1.29 is 14.3 Å². The van der Waals surface area contributed by atoms with Crippen LogP contribution in [-0.2, 0) is 4.79 Å². The van der Waals surface area contributed by atoms with Crippen LogP contribution in [0.1, 0.15) is 43.5 Å². The number of carbonyl (C=O) groups excluding carboxylic acids is 2. The van der Waals surface area contributed by atoms with Gasteiger partial charge in [0.1, 0.15) is 11.5 Å². The second-order valence-corrected chi connectivity index (χ2v) is 6.42. The number of amides is 2. The van der Waals surface area contributed by atoms with E-state index in [4.69, 9.17) is 4.74 Å². The Morgan fingerprint density at radius 1 is 1.04 bits per heavy atom. The number of para-hydroxylation sites is 1. The maximum Gasteiger partial charge on any atom is 0.269 e. The summed E-state index contributed by atoms with van der Waals surface area (Å²) in [6, 6.07) is 6.71. The maximum atomic E-state index is 12.6. The first-order chi connectivity index (χ1) is 13.7. The molecule has 154 valence electrons. The number of rotatable bonds is 5. The van der Waals surface area contributed by atoms with Crippen molar-refractivity contribution in [2.75, 3.05) is 26.7 Å². The molecule has 1 fully saturated rings. The number of nitrogens with one attached hydrogen (secondary N) is 4. The van der Waals surface area contributed by atoms with E-state index in [1.54, 1.807) is 24.3 Å². The Balaban J connectivity index is 0.00000136. The van der Waals surface area contributed by atoms with Crippen molar-refractivity contribution in [3.63, 3.8) is 0 Å². The summed E-state index contributed by atoms with van der Waals surface area (Å²) in [5, 5.41) is 13.4. The lowest BCUT2D eigenvalue weighted by atomic mass is 10.0. The standard InChI is InChI=1S/C18H25N5O3.C2H6/c1-26-15-5-3-2-4-13(15)17(24)22-14-8-11-20-23-16(14)18(25)21-12-6-9-19-10-7-12;1-2/h2-5,12,14,19-20H,6-11H2,1H3,(H,21,25)(H,22,24);1-2H3. The van der Waals surface area contributed by atoms with Crippen molar-refractivity contribution in [1.82, 2.24) is 21.4 Å². The predicted octanol–water partition coefficient (Wildman–Crippen LogP) is 1.04. The predicted molar refractivity (Wildman–Crippen MR) is 110 cm³/mol. The molecule has 1 aromatic carbocycles. The third kappa shape index (κ3) is 5.69. The van der Waals surface area contributed by atoms with Gasteiger partial charge in [-0.25, -0.2) is 0 Å². The van der Waals surface area contributed by atoms with Gasteiger partial charge in [0, 0.05) is 12.6 Å². The quantitative estimate of drug-likeness (QED) is 0.602. The van der Waals surface area contributed by atoms with Gasteiger partial charge in [-0.1, -0.05) is 26.0 Å².